The van der Waals surface area contributed by atoms with E-state index < -0.39 is 16.1 Å². The van der Waals surface area contributed by atoms with E-state index >= 15 is 0 Å². The summed E-state index contributed by atoms with van der Waals surface area (Å²) in [7, 11) is -3.97. The molecule has 0 spiro atoms. The van der Waals surface area contributed by atoms with Crippen molar-refractivity contribution in [2.75, 3.05) is 10.8 Å². The number of aliphatic hydroxyl groups excluding tert-OH is 1. The molecule has 144 valence electrons. The molecule has 2 aromatic rings. The average molecular weight is 390 g/mol. The first-order chi connectivity index (χ1) is 12.8. The predicted molar refractivity (Wildman–Crippen MR) is 102 cm³/mol. The number of hydrogen-bond donors (Lipinski definition) is 3. The van der Waals surface area contributed by atoms with Gasteiger partial charge in [-0.3, -0.25) is 4.79 Å². The number of rotatable bonds is 4. The van der Waals surface area contributed by atoms with Crippen LogP contribution in [0.1, 0.15) is 31.2 Å². The van der Waals surface area contributed by atoms with Crippen LogP contribution in [-0.2, 0) is 21.4 Å². The lowest BCUT2D eigenvalue weighted by Crippen LogP contribution is -2.29. The fourth-order valence-corrected chi connectivity index (χ4v) is 5.20. The number of anilines is 1. The minimum Gasteiger partial charge on any atom is -0.506 e. The highest BCUT2D eigenvalue weighted by atomic mass is 32.2. The summed E-state index contributed by atoms with van der Waals surface area (Å²) in [5.41, 5.74) is 1.18. The van der Waals surface area contributed by atoms with Crippen LogP contribution in [-0.4, -0.2) is 37.2 Å². The third-order valence-electron chi connectivity index (χ3n) is 5.51. The number of benzene rings is 2. The van der Waals surface area contributed by atoms with Gasteiger partial charge in [0.2, 0.25) is 0 Å². The molecule has 3 N–H and O–H groups in total. The molecule has 1 aliphatic carbocycles. The van der Waals surface area contributed by atoms with Crippen molar-refractivity contribution in [3.63, 3.8) is 0 Å². The van der Waals surface area contributed by atoms with E-state index in [2.05, 4.69) is 0 Å². The number of nitrogens with zero attached hydrogens (tertiary/aromatic N) is 1. The second-order valence-corrected chi connectivity index (χ2v) is 8.95. The van der Waals surface area contributed by atoms with Gasteiger partial charge < -0.3 is 10.2 Å². The molecule has 2 aromatic carbocycles. The van der Waals surface area contributed by atoms with Crippen LogP contribution in [0, 0.1) is 5.92 Å². The van der Waals surface area contributed by atoms with Gasteiger partial charge in [-0.1, -0.05) is 24.6 Å². The molecule has 1 saturated carbocycles. The molecule has 1 aliphatic heterocycles. The molecule has 7 nitrogen and oxygen atoms in total. The molecular weight excluding hydrogens is 368 g/mol. The van der Waals surface area contributed by atoms with Crippen LogP contribution < -0.4 is 9.03 Å². The largest absolute Gasteiger partial charge is 0.506 e. The Kier molecular flexibility index (Phi) is 4.47. The van der Waals surface area contributed by atoms with Crippen LogP contribution in [0.15, 0.2) is 30.3 Å². The fourth-order valence-electron chi connectivity index (χ4n) is 4.05. The van der Waals surface area contributed by atoms with Crippen LogP contribution in [0.2, 0.25) is 0 Å². The molecule has 2 atom stereocenters. The van der Waals surface area contributed by atoms with E-state index in [0.717, 1.165) is 52.7 Å². The lowest BCUT2D eigenvalue weighted by molar-refractivity contribution is -0.117. The van der Waals surface area contributed by atoms with Gasteiger partial charge in [-0.15, -0.1) is 0 Å². The van der Waals surface area contributed by atoms with Crippen molar-refractivity contribution in [2.24, 2.45) is 5.92 Å². The first-order valence-corrected chi connectivity index (χ1v) is 10.5. The van der Waals surface area contributed by atoms with E-state index in [1.807, 2.05) is 22.9 Å². The molecule has 2 fully saturated rings. The normalized spacial score (nSPS) is 24.5. The summed E-state index contributed by atoms with van der Waals surface area (Å²) < 4.78 is 26.9. The summed E-state index contributed by atoms with van der Waals surface area (Å²) in [4.78, 5) is 11.5. The SMILES string of the molecule is O=C1CN(c2cc3cc(CC[C@@H]4CCC[C@H]4O)ccc3cc2O)S(=O)(=O)N1. The van der Waals surface area contributed by atoms with E-state index in [1.165, 1.54) is 6.07 Å². The fraction of sp³-hybridized carbons (Fsp3) is 0.421. The number of aromatic hydroxyl groups is 1. The van der Waals surface area contributed by atoms with Crippen molar-refractivity contribution in [2.45, 2.75) is 38.2 Å². The van der Waals surface area contributed by atoms with Gasteiger partial charge in [0.15, 0.2) is 0 Å². The predicted octanol–water partition coefficient (Wildman–Crippen LogP) is 1.82. The number of carbonyl (C=O) groups excluding carboxylic acids is 1. The molecule has 1 heterocycles. The Morgan fingerprint density at radius 2 is 1.96 bits per heavy atom. The molecule has 1 saturated heterocycles. The third-order valence-corrected chi connectivity index (χ3v) is 6.90. The summed E-state index contributed by atoms with van der Waals surface area (Å²) in [6.07, 6.45) is 4.54. The summed E-state index contributed by atoms with van der Waals surface area (Å²) in [5, 5.41) is 21.8. The summed E-state index contributed by atoms with van der Waals surface area (Å²) in [6.45, 7) is -0.347. The van der Waals surface area contributed by atoms with Gasteiger partial charge >= 0.3 is 10.2 Å². The zero-order chi connectivity index (χ0) is 19.2. The highest BCUT2D eigenvalue weighted by Gasteiger charge is 2.35. The number of carbonyl (C=O) groups is 1. The minimum atomic E-state index is -3.97. The number of phenolic OH excluding ortho intramolecular Hbond substituents is 1. The average Bonchev–Trinajstić information content (AvgIpc) is 3.13. The van der Waals surface area contributed by atoms with Crippen LogP contribution in [0.3, 0.4) is 0 Å². The zero-order valence-corrected chi connectivity index (χ0v) is 15.6. The maximum absolute atomic E-state index is 12.1. The number of nitrogens with one attached hydrogen (secondary N) is 1. The molecule has 4 rings (SSSR count). The summed E-state index contributed by atoms with van der Waals surface area (Å²) >= 11 is 0. The van der Waals surface area contributed by atoms with Crippen molar-refractivity contribution >= 4 is 32.6 Å². The van der Waals surface area contributed by atoms with Crippen molar-refractivity contribution in [1.82, 2.24) is 4.72 Å². The van der Waals surface area contributed by atoms with Gasteiger partial charge in [-0.05, 0) is 60.1 Å². The molecule has 0 unspecified atom stereocenters. The van der Waals surface area contributed by atoms with Crippen LogP contribution in [0.4, 0.5) is 5.69 Å². The highest BCUT2D eigenvalue weighted by molar-refractivity contribution is 7.92. The van der Waals surface area contributed by atoms with Crippen molar-refractivity contribution in [3.8, 4) is 5.75 Å². The van der Waals surface area contributed by atoms with Gasteiger partial charge in [0.1, 0.15) is 12.3 Å². The maximum Gasteiger partial charge on any atom is 0.326 e. The zero-order valence-electron chi connectivity index (χ0n) is 14.8. The molecule has 2 aliphatic rings. The Hall–Kier alpha value is -2.32. The Balaban J connectivity index is 1.63. The van der Waals surface area contributed by atoms with E-state index in [0.29, 0.717) is 5.92 Å². The molecule has 0 aromatic heterocycles. The monoisotopic (exact) mass is 390 g/mol. The Labute approximate surface area is 157 Å². The number of hydrogen-bond acceptors (Lipinski definition) is 5. The minimum absolute atomic E-state index is 0.0872. The summed E-state index contributed by atoms with van der Waals surface area (Å²) in [6, 6.07) is 8.95. The topological polar surface area (TPSA) is 107 Å². The van der Waals surface area contributed by atoms with Crippen LogP contribution in [0.25, 0.3) is 10.8 Å². The number of phenols is 1. The molecule has 8 heteroatoms. The second kappa shape index (κ2) is 6.69. The van der Waals surface area contributed by atoms with Gasteiger partial charge in [0, 0.05) is 0 Å². The number of fused-ring (bicyclic) bond motifs is 1. The quantitative estimate of drug-likeness (QED) is 0.738. The lowest BCUT2D eigenvalue weighted by Gasteiger charge is -2.17. The van der Waals surface area contributed by atoms with Crippen molar-refractivity contribution in [1.29, 1.82) is 0 Å². The second-order valence-electron chi connectivity index (χ2n) is 7.36. The Morgan fingerprint density at radius 3 is 2.63 bits per heavy atom. The lowest BCUT2D eigenvalue weighted by atomic mass is 9.95. The van der Waals surface area contributed by atoms with E-state index in [9.17, 15) is 23.4 Å². The molecular formula is C19H22N2O5S. The molecule has 0 radical (unpaired) electrons. The van der Waals surface area contributed by atoms with Gasteiger partial charge in [0.25, 0.3) is 5.91 Å². The highest BCUT2D eigenvalue weighted by Crippen LogP contribution is 2.35. The Morgan fingerprint density at radius 1 is 1.15 bits per heavy atom. The number of amides is 1. The van der Waals surface area contributed by atoms with Gasteiger partial charge in [0.05, 0.1) is 11.8 Å². The molecule has 27 heavy (non-hydrogen) atoms. The molecule has 1 amide bonds. The van der Waals surface area contributed by atoms with Gasteiger partial charge in [-0.25, -0.2) is 9.03 Å². The third kappa shape index (κ3) is 3.46. The van der Waals surface area contributed by atoms with Crippen molar-refractivity contribution < 1.29 is 23.4 Å². The standard InChI is InChI=1S/C19H22N2O5S/c22-17-3-1-2-13(17)6-4-12-5-7-14-10-18(23)16(9-15(14)8-12)21-11-19(24)20-27(21,25)26/h5,7-10,13,17,22-23H,1-4,6,11H2,(H,20,24)/t13-,17+/m0/s1. The number of aryl methyl sites for hydroxylation is 1. The molecule has 0 bridgehead atoms. The smallest absolute Gasteiger partial charge is 0.326 e. The van der Waals surface area contributed by atoms with Crippen LogP contribution >= 0.6 is 0 Å². The van der Waals surface area contributed by atoms with Gasteiger partial charge in [-0.2, -0.15) is 8.42 Å². The van der Waals surface area contributed by atoms with Crippen LogP contribution in [0.5, 0.6) is 5.75 Å². The summed E-state index contributed by atoms with van der Waals surface area (Å²) in [5.74, 6) is -0.481. The van der Waals surface area contributed by atoms with Crippen molar-refractivity contribution in [3.05, 3.63) is 35.9 Å². The van der Waals surface area contributed by atoms with E-state index in [-0.39, 0.29) is 24.1 Å². The first kappa shape index (κ1) is 18.1. The maximum atomic E-state index is 12.1. The van der Waals surface area contributed by atoms with E-state index in [1.54, 1.807) is 6.07 Å². The van der Waals surface area contributed by atoms with E-state index in [4.69, 9.17) is 0 Å². The Bertz CT molecular complexity index is 1000. The first-order valence-electron chi connectivity index (χ1n) is 9.10. The number of aliphatic hydroxyl groups is 1.